The van der Waals surface area contributed by atoms with E-state index in [0.29, 0.717) is 5.56 Å². The highest BCUT2D eigenvalue weighted by molar-refractivity contribution is 5.97. The number of ether oxygens (including phenoxy) is 1. The van der Waals surface area contributed by atoms with Gasteiger partial charge in [-0.3, -0.25) is 4.79 Å². The van der Waals surface area contributed by atoms with Gasteiger partial charge in [-0.2, -0.15) is 5.26 Å². The van der Waals surface area contributed by atoms with E-state index in [2.05, 4.69) is 0 Å². The third-order valence-corrected chi connectivity index (χ3v) is 1.84. The largest absolute Gasteiger partial charge is 0.488 e. The maximum absolute atomic E-state index is 11.4. The molecule has 3 heteroatoms. The number of Topliss-reactive ketones (excluding diaryl/α,β-unsaturated/α-hetero) is 1. The molecule has 0 aliphatic rings. The van der Waals surface area contributed by atoms with Gasteiger partial charge in [0.15, 0.2) is 5.78 Å². The fourth-order valence-electron chi connectivity index (χ4n) is 1.24. The molecule has 0 unspecified atom stereocenters. The number of hydrogen-bond donors (Lipinski definition) is 0. The minimum absolute atomic E-state index is 0.0839. The summed E-state index contributed by atoms with van der Waals surface area (Å²) in [5, 5.41) is 8.41. The number of carbonyl (C=O) groups is 1. The van der Waals surface area contributed by atoms with Gasteiger partial charge in [0.2, 0.25) is 0 Å². The molecule has 0 spiro atoms. The third kappa shape index (κ3) is 3.74. The molecule has 0 radical (unpaired) electrons. The van der Waals surface area contributed by atoms with Gasteiger partial charge in [-0.25, -0.2) is 0 Å². The van der Waals surface area contributed by atoms with Crippen LogP contribution in [0.2, 0.25) is 0 Å². The summed E-state index contributed by atoms with van der Waals surface area (Å²) < 4.78 is 5.62. The summed E-state index contributed by atoms with van der Waals surface area (Å²) in [6, 6.07) is 8.69. The number of nitrogens with zero attached hydrogens (tertiary/aromatic N) is 1. The predicted molar refractivity (Wildman–Crippen MR) is 61.4 cm³/mol. The molecule has 0 heterocycles. The fourth-order valence-corrected chi connectivity index (χ4v) is 1.24. The highest BCUT2D eigenvalue weighted by Crippen LogP contribution is 2.18. The second-order valence-corrected chi connectivity index (χ2v) is 4.50. The van der Waals surface area contributed by atoms with Crippen molar-refractivity contribution in [2.75, 3.05) is 0 Å². The fraction of sp³-hybridized carbons (Fsp3) is 0.385. The summed E-state index contributed by atoms with van der Waals surface area (Å²) in [7, 11) is 0. The smallest absolute Gasteiger partial charge is 0.176 e. The Morgan fingerprint density at radius 3 is 2.31 bits per heavy atom. The highest BCUT2D eigenvalue weighted by atomic mass is 16.5. The Morgan fingerprint density at radius 2 is 1.88 bits per heavy atom. The summed E-state index contributed by atoms with van der Waals surface area (Å²) in [4.78, 5) is 11.4. The van der Waals surface area contributed by atoms with Crippen molar-refractivity contribution in [2.24, 2.45) is 0 Å². The molecule has 1 aromatic rings. The minimum Gasteiger partial charge on any atom is -0.488 e. The van der Waals surface area contributed by atoms with Gasteiger partial charge < -0.3 is 4.74 Å². The Morgan fingerprint density at radius 1 is 1.31 bits per heavy atom. The maximum atomic E-state index is 11.4. The third-order valence-electron chi connectivity index (χ3n) is 1.84. The molecule has 0 amide bonds. The molecule has 0 aromatic heterocycles. The Hall–Kier alpha value is -1.82. The molecule has 0 aliphatic carbocycles. The van der Waals surface area contributed by atoms with Crippen molar-refractivity contribution < 1.29 is 9.53 Å². The average Bonchev–Trinajstić information content (AvgIpc) is 2.16. The molecule has 1 rings (SSSR count). The molecule has 0 saturated heterocycles. The molecule has 84 valence electrons. The number of nitriles is 1. The summed E-state index contributed by atoms with van der Waals surface area (Å²) >= 11 is 0. The second-order valence-electron chi connectivity index (χ2n) is 4.50. The number of ketones is 1. The van der Waals surface area contributed by atoms with Crippen molar-refractivity contribution in [3.05, 3.63) is 29.8 Å². The van der Waals surface area contributed by atoms with E-state index in [-0.39, 0.29) is 17.8 Å². The maximum Gasteiger partial charge on any atom is 0.176 e. The Bertz CT molecular complexity index is 407. The molecule has 0 saturated carbocycles. The zero-order valence-electron chi connectivity index (χ0n) is 9.78. The van der Waals surface area contributed by atoms with Gasteiger partial charge in [-0.15, -0.1) is 0 Å². The van der Waals surface area contributed by atoms with Crippen LogP contribution in [-0.2, 0) is 0 Å². The molecular formula is C13H15NO2. The van der Waals surface area contributed by atoms with Gasteiger partial charge in [-0.1, -0.05) is 0 Å². The molecule has 1 aromatic carbocycles. The summed E-state index contributed by atoms with van der Waals surface area (Å²) in [5.41, 5.74) is 0.292. The minimum atomic E-state index is -0.252. The monoisotopic (exact) mass is 217 g/mol. The van der Waals surface area contributed by atoms with Crippen LogP contribution in [0.3, 0.4) is 0 Å². The van der Waals surface area contributed by atoms with E-state index >= 15 is 0 Å². The summed E-state index contributed by atoms with van der Waals surface area (Å²) in [6.45, 7) is 5.88. The van der Waals surface area contributed by atoms with Crippen LogP contribution < -0.4 is 4.74 Å². The van der Waals surface area contributed by atoms with Gasteiger partial charge in [0.1, 0.15) is 11.4 Å². The van der Waals surface area contributed by atoms with Gasteiger partial charge in [0, 0.05) is 5.56 Å². The zero-order valence-corrected chi connectivity index (χ0v) is 9.78. The van der Waals surface area contributed by atoms with Crippen molar-refractivity contribution in [3.8, 4) is 11.8 Å². The second kappa shape index (κ2) is 4.80. The lowest BCUT2D eigenvalue weighted by atomic mass is 10.1. The van der Waals surface area contributed by atoms with Crippen molar-refractivity contribution in [3.63, 3.8) is 0 Å². The van der Waals surface area contributed by atoms with Crippen LogP contribution in [0, 0.1) is 11.3 Å². The first-order chi connectivity index (χ1) is 7.42. The van der Waals surface area contributed by atoms with Crippen molar-refractivity contribution >= 4 is 5.78 Å². The van der Waals surface area contributed by atoms with Crippen LogP contribution in [0.15, 0.2) is 24.3 Å². The number of carbonyl (C=O) groups excluding carboxylic acids is 1. The summed E-state index contributed by atoms with van der Waals surface area (Å²) in [6.07, 6.45) is -0.0839. The molecule has 0 bridgehead atoms. The Kier molecular flexibility index (Phi) is 3.68. The topological polar surface area (TPSA) is 50.1 Å². The lowest BCUT2D eigenvalue weighted by Crippen LogP contribution is -2.22. The van der Waals surface area contributed by atoms with Crippen molar-refractivity contribution in [2.45, 2.75) is 32.8 Å². The molecule has 3 nitrogen and oxygen atoms in total. The van der Waals surface area contributed by atoms with Gasteiger partial charge in [0.25, 0.3) is 0 Å². The highest BCUT2D eigenvalue weighted by Gasteiger charge is 2.12. The Labute approximate surface area is 95.7 Å². The first kappa shape index (κ1) is 12.3. The van der Waals surface area contributed by atoms with Gasteiger partial charge in [-0.05, 0) is 45.0 Å². The number of hydrogen-bond acceptors (Lipinski definition) is 3. The van der Waals surface area contributed by atoms with Crippen LogP contribution in [-0.4, -0.2) is 11.4 Å². The van der Waals surface area contributed by atoms with E-state index < -0.39 is 0 Å². The molecule has 0 aliphatic heterocycles. The lowest BCUT2D eigenvalue weighted by Gasteiger charge is -2.21. The molecule has 0 fully saturated rings. The normalized spacial score (nSPS) is 10.6. The number of benzene rings is 1. The molecule has 0 N–H and O–H groups in total. The standard InChI is InChI=1S/C13H15NO2/c1-13(2,3)16-11-6-4-10(5-7-11)12(15)8-9-14/h4-7H,8H2,1-3H3. The van der Waals surface area contributed by atoms with E-state index in [9.17, 15) is 4.79 Å². The Balaban J connectivity index is 2.76. The molecule has 0 atom stereocenters. The predicted octanol–water partition coefficient (Wildman–Crippen LogP) is 2.96. The summed E-state index contributed by atoms with van der Waals surface area (Å²) in [5.74, 6) is 0.561. The van der Waals surface area contributed by atoms with Crippen LogP contribution in [0.25, 0.3) is 0 Å². The van der Waals surface area contributed by atoms with E-state index in [1.807, 2.05) is 26.8 Å². The zero-order chi connectivity index (χ0) is 12.2. The van der Waals surface area contributed by atoms with Gasteiger partial charge >= 0.3 is 0 Å². The van der Waals surface area contributed by atoms with Crippen LogP contribution >= 0.6 is 0 Å². The van der Waals surface area contributed by atoms with Crippen LogP contribution in [0.4, 0.5) is 0 Å². The van der Waals surface area contributed by atoms with E-state index in [1.54, 1.807) is 24.3 Å². The van der Waals surface area contributed by atoms with Crippen LogP contribution in [0.5, 0.6) is 5.75 Å². The molecular weight excluding hydrogens is 202 g/mol. The van der Waals surface area contributed by atoms with E-state index in [1.165, 1.54) is 0 Å². The van der Waals surface area contributed by atoms with Crippen LogP contribution in [0.1, 0.15) is 37.6 Å². The number of rotatable bonds is 3. The first-order valence-corrected chi connectivity index (χ1v) is 5.11. The van der Waals surface area contributed by atoms with Crippen molar-refractivity contribution in [1.82, 2.24) is 0 Å². The quantitative estimate of drug-likeness (QED) is 0.731. The van der Waals surface area contributed by atoms with E-state index in [4.69, 9.17) is 10.00 Å². The van der Waals surface area contributed by atoms with Gasteiger partial charge in [0.05, 0.1) is 12.5 Å². The lowest BCUT2D eigenvalue weighted by molar-refractivity contribution is 0.0997. The first-order valence-electron chi connectivity index (χ1n) is 5.11. The molecule has 16 heavy (non-hydrogen) atoms. The SMILES string of the molecule is CC(C)(C)Oc1ccc(C(=O)CC#N)cc1. The average molecular weight is 217 g/mol. The van der Waals surface area contributed by atoms with E-state index in [0.717, 1.165) is 5.75 Å². The van der Waals surface area contributed by atoms with Crippen molar-refractivity contribution in [1.29, 1.82) is 5.26 Å².